The zero-order valence-corrected chi connectivity index (χ0v) is 18.1. The second-order valence-electron chi connectivity index (χ2n) is 7.04. The molecule has 1 atom stereocenters. The number of aromatic nitrogens is 2. The van der Waals surface area contributed by atoms with E-state index in [0.717, 1.165) is 16.7 Å². The Hall–Kier alpha value is -2.84. The van der Waals surface area contributed by atoms with Crippen LogP contribution in [0.15, 0.2) is 36.5 Å². The summed E-state index contributed by atoms with van der Waals surface area (Å²) < 4.78 is 51.6. The highest BCUT2D eigenvalue weighted by atomic mass is 35.5. The summed E-state index contributed by atoms with van der Waals surface area (Å²) in [7, 11) is 1.22. The maximum atomic E-state index is 13.6. The van der Waals surface area contributed by atoms with Crippen LogP contribution in [0.2, 0.25) is 10.2 Å². The average Bonchev–Trinajstić information content (AvgIpc) is 3.17. The standard InChI is InChI=1S/C22H15Cl2F3N2O3/c1-31-20-11(10-30)9-16(22(25,26)27)21(29-20)32-17-6-5-13-12(3-2-4-14(13)17)15-7-8-28-19(24)18(15)23/h2-4,7-10,17H,5-6H2,1H3/t17-/m0/s1. The Morgan fingerprint density at radius 1 is 1.16 bits per heavy atom. The number of fused-ring (bicyclic) bond motifs is 1. The Labute approximate surface area is 191 Å². The molecule has 0 saturated carbocycles. The molecule has 0 fully saturated rings. The summed E-state index contributed by atoms with van der Waals surface area (Å²) in [5.74, 6) is -0.888. The Morgan fingerprint density at radius 2 is 1.94 bits per heavy atom. The number of nitrogens with zero attached hydrogens (tertiary/aromatic N) is 2. The summed E-state index contributed by atoms with van der Waals surface area (Å²) in [5, 5.41) is 0.455. The lowest BCUT2D eigenvalue weighted by molar-refractivity contribution is -0.139. The molecule has 0 saturated heterocycles. The minimum Gasteiger partial charge on any atom is -0.480 e. The average molecular weight is 483 g/mol. The summed E-state index contributed by atoms with van der Waals surface area (Å²) >= 11 is 12.4. The molecule has 5 nitrogen and oxygen atoms in total. The number of methoxy groups -OCH3 is 1. The Kier molecular flexibility index (Phi) is 6.01. The van der Waals surface area contributed by atoms with E-state index in [1.807, 2.05) is 6.07 Å². The van der Waals surface area contributed by atoms with Gasteiger partial charge in [-0.3, -0.25) is 4.79 Å². The lowest BCUT2D eigenvalue weighted by atomic mass is 9.97. The third kappa shape index (κ3) is 4.00. The number of carbonyl (C=O) groups is 1. The van der Waals surface area contributed by atoms with Crippen molar-refractivity contribution >= 4 is 29.5 Å². The SMILES string of the molecule is COc1nc(O[C@H]2CCc3c(-c4ccnc(Cl)c4Cl)cccc32)c(C(F)(F)F)cc1C=O. The summed E-state index contributed by atoms with van der Waals surface area (Å²) in [6.07, 6.45) is -2.67. The molecule has 32 heavy (non-hydrogen) atoms. The van der Waals surface area contributed by atoms with Crippen LogP contribution in [0, 0.1) is 0 Å². The van der Waals surface area contributed by atoms with E-state index in [-0.39, 0.29) is 22.9 Å². The van der Waals surface area contributed by atoms with Gasteiger partial charge in [-0.25, -0.2) is 4.98 Å². The summed E-state index contributed by atoms with van der Waals surface area (Å²) in [5.41, 5.74) is 1.64. The van der Waals surface area contributed by atoms with Gasteiger partial charge in [-0.15, -0.1) is 0 Å². The van der Waals surface area contributed by atoms with Crippen molar-refractivity contribution in [2.45, 2.75) is 25.1 Å². The minimum atomic E-state index is -4.77. The summed E-state index contributed by atoms with van der Waals surface area (Å²) in [6, 6.07) is 7.83. The third-order valence-corrected chi connectivity index (χ3v) is 5.98. The number of pyridine rings is 2. The fourth-order valence-corrected chi connectivity index (χ4v) is 4.16. The Balaban J connectivity index is 1.76. The van der Waals surface area contributed by atoms with Crippen LogP contribution < -0.4 is 9.47 Å². The van der Waals surface area contributed by atoms with Crippen molar-refractivity contribution in [3.05, 3.63) is 69.0 Å². The number of aldehydes is 1. The molecule has 166 valence electrons. The molecule has 0 radical (unpaired) electrons. The van der Waals surface area contributed by atoms with Crippen LogP contribution in [0.4, 0.5) is 13.2 Å². The largest absolute Gasteiger partial charge is 0.480 e. The zero-order chi connectivity index (χ0) is 23.0. The van der Waals surface area contributed by atoms with E-state index in [1.54, 1.807) is 18.2 Å². The molecule has 2 heterocycles. The van der Waals surface area contributed by atoms with Crippen LogP contribution in [-0.4, -0.2) is 23.4 Å². The first-order valence-corrected chi connectivity index (χ1v) is 10.2. The van der Waals surface area contributed by atoms with E-state index in [4.69, 9.17) is 32.7 Å². The zero-order valence-electron chi connectivity index (χ0n) is 16.5. The number of hydrogen-bond acceptors (Lipinski definition) is 5. The maximum absolute atomic E-state index is 13.6. The van der Waals surface area contributed by atoms with Gasteiger partial charge in [0.05, 0.1) is 17.7 Å². The third-order valence-electron chi connectivity index (χ3n) is 5.21. The van der Waals surface area contributed by atoms with Crippen LogP contribution in [0.1, 0.15) is 39.6 Å². The van der Waals surface area contributed by atoms with Crippen molar-refractivity contribution in [3.63, 3.8) is 0 Å². The van der Waals surface area contributed by atoms with Gasteiger partial charge in [0.25, 0.3) is 0 Å². The van der Waals surface area contributed by atoms with Crippen LogP contribution >= 0.6 is 23.2 Å². The number of hydrogen-bond donors (Lipinski definition) is 0. The van der Waals surface area contributed by atoms with Gasteiger partial charge in [0.15, 0.2) is 6.29 Å². The molecular formula is C22H15Cl2F3N2O3. The van der Waals surface area contributed by atoms with Crippen molar-refractivity contribution < 1.29 is 27.4 Å². The highest BCUT2D eigenvalue weighted by molar-refractivity contribution is 6.43. The molecule has 0 amide bonds. The molecule has 4 rings (SSSR count). The summed E-state index contributed by atoms with van der Waals surface area (Å²) in [4.78, 5) is 18.9. The van der Waals surface area contributed by atoms with Gasteiger partial charge in [0.2, 0.25) is 11.8 Å². The van der Waals surface area contributed by atoms with Crippen molar-refractivity contribution in [2.24, 2.45) is 0 Å². The highest BCUT2D eigenvalue weighted by Crippen LogP contribution is 2.45. The van der Waals surface area contributed by atoms with Gasteiger partial charge in [-0.2, -0.15) is 18.2 Å². The Bertz CT molecular complexity index is 1200. The van der Waals surface area contributed by atoms with E-state index in [0.29, 0.717) is 29.5 Å². The number of benzene rings is 1. The first kappa shape index (κ1) is 22.4. The normalized spacial score (nSPS) is 15.4. The summed E-state index contributed by atoms with van der Waals surface area (Å²) in [6.45, 7) is 0. The molecule has 0 aliphatic heterocycles. The molecule has 0 N–H and O–H groups in total. The maximum Gasteiger partial charge on any atom is 0.421 e. The van der Waals surface area contributed by atoms with E-state index in [2.05, 4.69) is 9.97 Å². The molecule has 3 aromatic rings. The van der Waals surface area contributed by atoms with Gasteiger partial charge in [0.1, 0.15) is 16.8 Å². The second kappa shape index (κ2) is 8.60. The van der Waals surface area contributed by atoms with E-state index in [1.165, 1.54) is 13.3 Å². The number of rotatable bonds is 5. The first-order chi connectivity index (χ1) is 15.2. The molecule has 10 heteroatoms. The fourth-order valence-electron chi connectivity index (χ4n) is 3.79. The second-order valence-corrected chi connectivity index (χ2v) is 7.77. The van der Waals surface area contributed by atoms with Gasteiger partial charge in [-0.1, -0.05) is 41.4 Å². The predicted octanol–water partition coefficient (Wildman–Crippen LogP) is 6.36. The Morgan fingerprint density at radius 3 is 2.62 bits per heavy atom. The number of alkyl halides is 3. The molecule has 1 aromatic carbocycles. The fraction of sp³-hybridized carbons (Fsp3) is 0.227. The molecule has 2 aromatic heterocycles. The van der Waals surface area contributed by atoms with Gasteiger partial charge >= 0.3 is 6.18 Å². The molecule has 0 unspecified atom stereocenters. The number of halogens is 5. The monoisotopic (exact) mass is 482 g/mol. The predicted molar refractivity (Wildman–Crippen MR) is 113 cm³/mol. The lowest BCUT2D eigenvalue weighted by Gasteiger charge is -2.19. The highest BCUT2D eigenvalue weighted by Gasteiger charge is 2.38. The van der Waals surface area contributed by atoms with Crippen LogP contribution in [0.5, 0.6) is 11.8 Å². The van der Waals surface area contributed by atoms with Crippen LogP contribution in [-0.2, 0) is 12.6 Å². The quantitative estimate of drug-likeness (QED) is 0.312. The topological polar surface area (TPSA) is 61.3 Å². The molecule has 0 spiro atoms. The van der Waals surface area contributed by atoms with Crippen molar-refractivity contribution in [1.29, 1.82) is 0 Å². The van der Waals surface area contributed by atoms with Crippen molar-refractivity contribution in [3.8, 4) is 22.9 Å². The van der Waals surface area contributed by atoms with Crippen molar-refractivity contribution in [2.75, 3.05) is 7.11 Å². The van der Waals surface area contributed by atoms with E-state index < -0.39 is 23.7 Å². The van der Waals surface area contributed by atoms with Gasteiger partial charge in [0, 0.05) is 11.8 Å². The van der Waals surface area contributed by atoms with Crippen LogP contribution in [0.3, 0.4) is 0 Å². The minimum absolute atomic E-state index is 0.161. The van der Waals surface area contributed by atoms with Gasteiger partial charge < -0.3 is 9.47 Å². The molecular weight excluding hydrogens is 468 g/mol. The smallest absolute Gasteiger partial charge is 0.421 e. The number of ether oxygens (including phenoxy) is 2. The lowest BCUT2D eigenvalue weighted by Crippen LogP contribution is -2.14. The van der Waals surface area contributed by atoms with Crippen LogP contribution in [0.25, 0.3) is 11.1 Å². The van der Waals surface area contributed by atoms with Gasteiger partial charge in [-0.05, 0) is 41.7 Å². The van der Waals surface area contributed by atoms with Crippen molar-refractivity contribution in [1.82, 2.24) is 9.97 Å². The molecule has 1 aliphatic carbocycles. The first-order valence-electron chi connectivity index (χ1n) is 9.44. The van der Waals surface area contributed by atoms with E-state index >= 15 is 0 Å². The molecule has 0 bridgehead atoms. The molecule has 1 aliphatic rings. The van der Waals surface area contributed by atoms with E-state index in [9.17, 15) is 18.0 Å². The number of carbonyl (C=O) groups excluding carboxylic acids is 1.